The van der Waals surface area contributed by atoms with E-state index in [2.05, 4.69) is 43.3 Å². The number of carbonyl (C=O) groups excluding carboxylic acids is 1. The summed E-state index contributed by atoms with van der Waals surface area (Å²) in [5.74, 6) is 0.888. The molecule has 0 bridgehead atoms. The van der Waals surface area contributed by atoms with Gasteiger partial charge in [-0.3, -0.25) is 0 Å². The van der Waals surface area contributed by atoms with E-state index in [0.717, 1.165) is 19.2 Å². The molecule has 0 radical (unpaired) electrons. The third-order valence-electron chi connectivity index (χ3n) is 3.16. The van der Waals surface area contributed by atoms with Gasteiger partial charge in [-0.1, -0.05) is 28.1 Å². The van der Waals surface area contributed by atoms with Crippen molar-refractivity contribution in [1.29, 1.82) is 0 Å². The lowest BCUT2D eigenvalue weighted by Gasteiger charge is -2.13. The van der Waals surface area contributed by atoms with Crippen LogP contribution in [0.25, 0.3) is 6.08 Å². The first kappa shape index (κ1) is 18.8. The Kier molecular flexibility index (Phi) is 7.11. The molecule has 0 heterocycles. The van der Waals surface area contributed by atoms with E-state index in [-0.39, 0.29) is 0 Å². The van der Waals surface area contributed by atoms with Crippen molar-refractivity contribution in [2.24, 2.45) is 0 Å². The first-order valence-electron chi connectivity index (χ1n) is 7.04. The average molecular weight is 503 g/mol. The van der Waals surface area contributed by atoms with Gasteiger partial charge in [-0.25, -0.2) is 4.79 Å². The number of methoxy groups -OCH3 is 2. The molecule has 0 N–H and O–H groups in total. The molecule has 0 aromatic heterocycles. The Balaban J connectivity index is 2.18. The Labute approximate surface area is 163 Å². The molecule has 0 atom stereocenters. The Bertz CT molecular complexity index is 741. The van der Waals surface area contributed by atoms with Crippen LogP contribution in [0.3, 0.4) is 0 Å². The predicted octanol–water partition coefficient (Wildman–Crippen LogP) is 4.83. The molecule has 126 valence electrons. The Morgan fingerprint density at radius 2 is 1.92 bits per heavy atom. The molecule has 0 unspecified atom stereocenters. The van der Waals surface area contributed by atoms with Crippen molar-refractivity contribution in [2.75, 3.05) is 14.2 Å². The van der Waals surface area contributed by atoms with Crippen LogP contribution in [0.5, 0.6) is 11.5 Å². The SMILES string of the molecule is COC(=O)/C=C/c1cc(I)c(OCc2ccc(Br)cc2)c(OC)c1. The third-order valence-corrected chi connectivity index (χ3v) is 4.49. The van der Waals surface area contributed by atoms with Crippen molar-refractivity contribution >= 4 is 50.6 Å². The van der Waals surface area contributed by atoms with Gasteiger partial charge in [0.05, 0.1) is 17.8 Å². The van der Waals surface area contributed by atoms with Crippen molar-refractivity contribution in [3.05, 3.63) is 61.6 Å². The first-order chi connectivity index (χ1) is 11.5. The van der Waals surface area contributed by atoms with E-state index in [1.807, 2.05) is 36.4 Å². The van der Waals surface area contributed by atoms with E-state index >= 15 is 0 Å². The predicted molar refractivity (Wildman–Crippen MR) is 105 cm³/mol. The molecule has 2 aromatic rings. The standard InChI is InChI=1S/C18H16BrIO4/c1-22-16-10-13(5-8-17(21)23-2)9-15(20)18(16)24-11-12-3-6-14(19)7-4-12/h3-10H,11H2,1-2H3/b8-5+. The Morgan fingerprint density at radius 1 is 1.21 bits per heavy atom. The van der Waals surface area contributed by atoms with Gasteiger partial charge in [0.25, 0.3) is 0 Å². The van der Waals surface area contributed by atoms with Crippen LogP contribution in [0.4, 0.5) is 0 Å². The van der Waals surface area contributed by atoms with E-state index in [1.54, 1.807) is 13.2 Å². The maximum atomic E-state index is 11.2. The summed E-state index contributed by atoms with van der Waals surface area (Å²) in [6.45, 7) is 0.441. The van der Waals surface area contributed by atoms with Crippen LogP contribution in [-0.4, -0.2) is 20.2 Å². The average Bonchev–Trinajstić information content (AvgIpc) is 2.59. The van der Waals surface area contributed by atoms with Crippen LogP contribution in [0, 0.1) is 3.57 Å². The van der Waals surface area contributed by atoms with Gasteiger partial charge in [-0.05, 0) is 64.1 Å². The van der Waals surface area contributed by atoms with E-state index < -0.39 is 5.97 Å². The summed E-state index contributed by atoms with van der Waals surface area (Å²) >= 11 is 5.60. The van der Waals surface area contributed by atoms with Crippen molar-refractivity contribution in [2.45, 2.75) is 6.61 Å². The quantitative estimate of drug-likeness (QED) is 0.322. The van der Waals surface area contributed by atoms with Crippen LogP contribution in [-0.2, 0) is 16.1 Å². The fraction of sp³-hybridized carbons (Fsp3) is 0.167. The van der Waals surface area contributed by atoms with E-state index in [1.165, 1.54) is 13.2 Å². The highest BCUT2D eigenvalue weighted by Crippen LogP contribution is 2.35. The van der Waals surface area contributed by atoms with Crippen molar-refractivity contribution in [3.8, 4) is 11.5 Å². The molecule has 0 amide bonds. The summed E-state index contributed by atoms with van der Waals surface area (Å²) in [4.78, 5) is 11.2. The highest BCUT2D eigenvalue weighted by atomic mass is 127. The maximum Gasteiger partial charge on any atom is 0.330 e. The van der Waals surface area contributed by atoms with Crippen LogP contribution in [0.1, 0.15) is 11.1 Å². The number of hydrogen-bond donors (Lipinski definition) is 0. The van der Waals surface area contributed by atoms with Crippen LogP contribution in [0.15, 0.2) is 46.9 Å². The largest absolute Gasteiger partial charge is 0.493 e. The summed E-state index contributed by atoms with van der Waals surface area (Å²) in [5, 5.41) is 0. The van der Waals surface area contributed by atoms with E-state index in [9.17, 15) is 4.79 Å². The molecule has 0 saturated carbocycles. The van der Waals surface area contributed by atoms with Gasteiger partial charge in [0.15, 0.2) is 11.5 Å². The lowest BCUT2D eigenvalue weighted by atomic mass is 10.2. The zero-order valence-electron chi connectivity index (χ0n) is 13.2. The lowest BCUT2D eigenvalue weighted by Crippen LogP contribution is -2.00. The van der Waals surface area contributed by atoms with Crippen molar-refractivity contribution < 1.29 is 19.0 Å². The molecule has 0 aliphatic carbocycles. The van der Waals surface area contributed by atoms with Gasteiger partial charge in [0, 0.05) is 10.5 Å². The number of carbonyl (C=O) groups is 1. The normalized spacial score (nSPS) is 10.7. The first-order valence-corrected chi connectivity index (χ1v) is 8.91. The molecule has 0 spiro atoms. The van der Waals surface area contributed by atoms with Gasteiger partial charge in [0.2, 0.25) is 0 Å². The molecule has 6 heteroatoms. The number of esters is 1. The molecule has 0 aliphatic rings. The second-order valence-corrected chi connectivity index (χ2v) is 6.88. The molecule has 2 aromatic carbocycles. The minimum absolute atomic E-state index is 0.403. The highest BCUT2D eigenvalue weighted by molar-refractivity contribution is 14.1. The molecule has 0 saturated heterocycles. The number of benzene rings is 2. The molecular weight excluding hydrogens is 487 g/mol. The molecule has 0 fully saturated rings. The van der Waals surface area contributed by atoms with Crippen molar-refractivity contribution in [3.63, 3.8) is 0 Å². The fourth-order valence-corrected chi connectivity index (χ4v) is 2.99. The van der Waals surface area contributed by atoms with Crippen LogP contribution >= 0.6 is 38.5 Å². The minimum Gasteiger partial charge on any atom is -0.493 e. The van der Waals surface area contributed by atoms with Crippen LogP contribution < -0.4 is 9.47 Å². The minimum atomic E-state index is -0.403. The lowest BCUT2D eigenvalue weighted by molar-refractivity contribution is -0.134. The van der Waals surface area contributed by atoms with Gasteiger partial charge in [-0.2, -0.15) is 0 Å². The van der Waals surface area contributed by atoms with E-state index in [4.69, 9.17) is 9.47 Å². The summed E-state index contributed by atoms with van der Waals surface area (Å²) in [6.07, 6.45) is 3.04. The zero-order chi connectivity index (χ0) is 17.5. The monoisotopic (exact) mass is 502 g/mol. The molecule has 0 aliphatic heterocycles. The fourth-order valence-electron chi connectivity index (χ4n) is 1.94. The number of hydrogen-bond acceptors (Lipinski definition) is 4. The maximum absolute atomic E-state index is 11.2. The van der Waals surface area contributed by atoms with Gasteiger partial charge < -0.3 is 14.2 Å². The topological polar surface area (TPSA) is 44.8 Å². The highest BCUT2D eigenvalue weighted by Gasteiger charge is 2.11. The third kappa shape index (κ3) is 5.24. The second-order valence-electron chi connectivity index (χ2n) is 4.81. The molecular formula is C18H16BrIO4. The summed E-state index contributed by atoms with van der Waals surface area (Å²) in [7, 11) is 2.93. The van der Waals surface area contributed by atoms with Gasteiger partial charge >= 0.3 is 5.97 Å². The summed E-state index contributed by atoms with van der Waals surface area (Å²) in [6, 6.07) is 11.7. The van der Waals surface area contributed by atoms with Crippen molar-refractivity contribution in [1.82, 2.24) is 0 Å². The Morgan fingerprint density at radius 3 is 2.54 bits per heavy atom. The zero-order valence-corrected chi connectivity index (χ0v) is 17.0. The second kappa shape index (κ2) is 9.08. The Hall–Kier alpha value is -1.54. The molecule has 4 nitrogen and oxygen atoms in total. The smallest absolute Gasteiger partial charge is 0.330 e. The van der Waals surface area contributed by atoms with E-state index in [0.29, 0.717) is 18.1 Å². The molecule has 2 rings (SSSR count). The van der Waals surface area contributed by atoms with Gasteiger partial charge in [0.1, 0.15) is 6.61 Å². The summed E-state index contributed by atoms with van der Waals surface area (Å²) < 4.78 is 17.9. The number of rotatable bonds is 6. The number of ether oxygens (including phenoxy) is 3. The number of halogens is 2. The van der Waals surface area contributed by atoms with Crippen LogP contribution in [0.2, 0.25) is 0 Å². The molecule has 24 heavy (non-hydrogen) atoms. The van der Waals surface area contributed by atoms with Gasteiger partial charge in [-0.15, -0.1) is 0 Å². The summed E-state index contributed by atoms with van der Waals surface area (Å²) in [5.41, 5.74) is 1.89.